The lowest BCUT2D eigenvalue weighted by molar-refractivity contribution is -0.116. The molecule has 0 unspecified atom stereocenters. The number of nitrogens with one attached hydrogen (secondary N) is 1. The fraction of sp³-hybridized carbons (Fsp3) is 0.111. The maximum atomic E-state index is 12.2. The smallest absolute Gasteiger partial charge is 0.337 e. The molecule has 1 aliphatic heterocycles. The van der Waals surface area contributed by atoms with Gasteiger partial charge in [-0.15, -0.1) is 0 Å². The van der Waals surface area contributed by atoms with E-state index in [2.05, 4.69) is 5.32 Å². The van der Waals surface area contributed by atoms with Crippen molar-refractivity contribution in [3.05, 3.63) is 65.2 Å². The molecule has 0 aromatic heterocycles. The number of nitrogens with zero attached hydrogens (tertiary/aromatic N) is 1. The molecule has 2 N–H and O–H groups in total. The van der Waals surface area contributed by atoms with Crippen molar-refractivity contribution in [2.45, 2.75) is 6.42 Å². The lowest BCUT2D eigenvalue weighted by Crippen LogP contribution is -2.33. The molecule has 0 saturated heterocycles. The summed E-state index contributed by atoms with van der Waals surface area (Å²) < 4.78 is 0. The molecule has 7 heteroatoms. The summed E-state index contributed by atoms with van der Waals surface area (Å²) in [5.74, 6) is -2.50. The van der Waals surface area contributed by atoms with Crippen molar-refractivity contribution in [3.63, 3.8) is 0 Å². The number of amides is 3. The van der Waals surface area contributed by atoms with E-state index in [1.165, 1.54) is 12.1 Å². The molecular weight excluding hydrogens is 324 g/mol. The third-order valence-corrected chi connectivity index (χ3v) is 3.87. The average Bonchev–Trinajstić information content (AvgIpc) is 2.85. The average molecular weight is 338 g/mol. The molecule has 0 aliphatic carbocycles. The predicted molar refractivity (Wildman–Crippen MR) is 88.5 cm³/mol. The van der Waals surface area contributed by atoms with Crippen LogP contribution in [0, 0.1) is 0 Å². The van der Waals surface area contributed by atoms with Crippen LogP contribution in [0.5, 0.6) is 0 Å². The molecule has 0 atom stereocenters. The number of hydrogen-bond acceptors (Lipinski definition) is 4. The summed E-state index contributed by atoms with van der Waals surface area (Å²) in [5, 5.41) is 11.6. The fourth-order valence-corrected chi connectivity index (χ4v) is 2.65. The minimum Gasteiger partial charge on any atom is -0.478 e. The van der Waals surface area contributed by atoms with Gasteiger partial charge in [0.25, 0.3) is 11.8 Å². The monoisotopic (exact) mass is 338 g/mol. The second-order valence-electron chi connectivity index (χ2n) is 5.46. The molecule has 1 heterocycles. The number of benzene rings is 2. The first-order chi connectivity index (χ1) is 12.0. The Morgan fingerprint density at radius 2 is 1.48 bits per heavy atom. The van der Waals surface area contributed by atoms with E-state index in [0.29, 0.717) is 11.1 Å². The van der Waals surface area contributed by atoms with Crippen LogP contribution in [0.2, 0.25) is 0 Å². The van der Waals surface area contributed by atoms with E-state index >= 15 is 0 Å². The first-order valence-corrected chi connectivity index (χ1v) is 7.56. The third kappa shape index (κ3) is 3.12. The van der Waals surface area contributed by atoms with Gasteiger partial charge < -0.3 is 10.4 Å². The quantitative estimate of drug-likeness (QED) is 0.812. The number of aromatic carboxylic acids is 1. The van der Waals surface area contributed by atoms with Gasteiger partial charge in [-0.1, -0.05) is 24.3 Å². The van der Waals surface area contributed by atoms with Crippen molar-refractivity contribution in [2.75, 3.05) is 11.9 Å². The van der Waals surface area contributed by atoms with E-state index < -0.39 is 23.7 Å². The zero-order valence-electron chi connectivity index (χ0n) is 13.1. The molecule has 0 spiro atoms. The van der Waals surface area contributed by atoms with E-state index in [4.69, 9.17) is 5.11 Å². The molecule has 1 aliphatic rings. The number of carbonyl (C=O) groups excluding carboxylic acids is 3. The van der Waals surface area contributed by atoms with Gasteiger partial charge in [0.15, 0.2) is 0 Å². The normalized spacial score (nSPS) is 12.9. The minimum atomic E-state index is -1.16. The van der Waals surface area contributed by atoms with Gasteiger partial charge in [-0.3, -0.25) is 19.3 Å². The van der Waals surface area contributed by atoms with Crippen molar-refractivity contribution in [3.8, 4) is 0 Å². The summed E-state index contributed by atoms with van der Waals surface area (Å²) in [7, 11) is 0. The number of carbonyl (C=O) groups is 4. The lowest BCUT2D eigenvalue weighted by atomic mass is 10.1. The third-order valence-electron chi connectivity index (χ3n) is 3.87. The molecule has 0 fully saturated rings. The van der Waals surface area contributed by atoms with Gasteiger partial charge in [0.05, 0.1) is 22.4 Å². The van der Waals surface area contributed by atoms with Crippen LogP contribution >= 0.6 is 0 Å². The number of imide groups is 1. The Bertz CT molecular complexity index is 856. The summed E-state index contributed by atoms with van der Waals surface area (Å²) in [6.07, 6.45) is -0.126. The van der Waals surface area contributed by atoms with E-state index in [9.17, 15) is 19.2 Å². The number of fused-ring (bicyclic) bond motifs is 1. The van der Waals surface area contributed by atoms with Gasteiger partial charge in [-0.25, -0.2) is 4.79 Å². The Morgan fingerprint density at radius 1 is 0.920 bits per heavy atom. The highest BCUT2D eigenvalue weighted by Gasteiger charge is 2.34. The number of carboxylic acids is 1. The molecule has 7 nitrogen and oxygen atoms in total. The number of para-hydroxylation sites is 1. The summed E-state index contributed by atoms with van der Waals surface area (Å²) in [5.41, 5.74) is 0.784. The van der Waals surface area contributed by atoms with Crippen LogP contribution in [0.15, 0.2) is 48.5 Å². The standard InChI is InChI=1S/C18H14N2O5/c21-15(19-14-8-4-3-7-13(14)18(24)25)9-10-20-16(22)11-5-1-2-6-12(11)17(20)23/h1-8H,9-10H2,(H,19,21)(H,24,25). The largest absolute Gasteiger partial charge is 0.478 e. The van der Waals surface area contributed by atoms with Crippen LogP contribution in [0.3, 0.4) is 0 Å². The van der Waals surface area contributed by atoms with E-state index in [1.54, 1.807) is 36.4 Å². The molecule has 2 aromatic carbocycles. The Morgan fingerprint density at radius 3 is 2.08 bits per heavy atom. The summed E-state index contributed by atoms with van der Waals surface area (Å²) in [6.45, 7) is -0.0760. The topological polar surface area (TPSA) is 104 Å². The molecule has 126 valence electrons. The first-order valence-electron chi connectivity index (χ1n) is 7.56. The highest BCUT2D eigenvalue weighted by Crippen LogP contribution is 2.22. The van der Waals surface area contributed by atoms with Crippen molar-refractivity contribution in [1.29, 1.82) is 0 Å². The predicted octanol–water partition coefficient (Wildman–Crippen LogP) is 2.01. The van der Waals surface area contributed by atoms with Crippen LogP contribution in [-0.4, -0.2) is 40.2 Å². The van der Waals surface area contributed by atoms with Crippen LogP contribution < -0.4 is 5.32 Å². The minimum absolute atomic E-state index is 0.0309. The van der Waals surface area contributed by atoms with Gasteiger partial charge in [0, 0.05) is 13.0 Å². The molecule has 0 saturated carbocycles. The highest BCUT2D eigenvalue weighted by molar-refractivity contribution is 6.21. The second kappa shape index (κ2) is 6.56. The maximum Gasteiger partial charge on any atom is 0.337 e. The Balaban J connectivity index is 1.65. The summed E-state index contributed by atoms with van der Waals surface area (Å²) >= 11 is 0. The molecule has 2 aromatic rings. The molecule has 25 heavy (non-hydrogen) atoms. The Kier molecular flexibility index (Phi) is 4.30. The van der Waals surface area contributed by atoms with Gasteiger partial charge in [0.1, 0.15) is 0 Å². The number of rotatable bonds is 5. The molecule has 0 radical (unpaired) electrons. The lowest BCUT2D eigenvalue weighted by Gasteiger charge is -2.14. The molecular formula is C18H14N2O5. The van der Waals surface area contributed by atoms with E-state index in [-0.39, 0.29) is 24.2 Å². The van der Waals surface area contributed by atoms with Crippen LogP contribution in [0.4, 0.5) is 5.69 Å². The van der Waals surface area contributed by atoms with Gasteiger partial charge in [0.2, 0.25) is 5.91 Å². The zero-order valence-corrected chi connectivity index (χ0v) is 13.1. The highest BCUT2D eigenvalue weighted by atomic mass is 16.4. The van der Waals surface area contributed by atoms with Crippen molar-refractivity contribution in [1.82, 2.24) is 4.90 Å². The SMILES string of the molecule is O=C(CCN1C(=O)c2ccccc2C1=O)Nc1ccccc1C(=O)O. The van der Waals surface area contributed by atoms with E-state index in [1.807, 2.05) is 0 Å². The zero-order chi connectivity index (χ0) is 18.0. The summed E-state index contributed by atoms with van der Waals surface area (Å²) in [4.78, 5) is 48.7. The Labute approximate surface area is 142 Å². The molecule has 0 bridgehead atoms. The second-order valence-corrected chi connectivity index (χ2v) is 5.46. The number of carboxylic acid groups (broad SMARTS) is 1. The maximum absolute atomic E-state index is 12.2. The first kappa shape index (κ1) is 16.4. The van der Waals surface area contributed by atoms with Crippen molar-refractivity contribution < 1.29 is 24.3 Å². The summed E-state index contributed by atoms with van der Waals surface area (Å²) in [6, 6.07) is 12.5. The van der Waals surface area contributed by atoms with Crippen molar-refractivity contribution >= 4 is 29.4 Å². The van der Waals surface area contributed by atoms with Crippen LogP contribution in [-0.2, 0) is 4.79 Å². The van der Waals surface area contributed by atoms with Gasteiger partial charge in [-0.2, -0.15) is 0 Å². The fourth-order valence-electron chi connectivity index (χ4n) is 2.65. The molecule has 3 rings (SSSR count). The van der Waals surface area contributed by atoms with Crippen LogP contribution in [0.1, 0.15) is 37.5 Å². The van der Waals surface area contributed by atoms with E-state index in [0.717, 1.165) is 4.90 Å². The number of anilines is 1. The van der Waals surface area contributed by atoms with Crippen LogP contribution in [0.25, 0.3) is 0 Å². The number of hydrogen-bond donors (Lipinski definition) is 2. The Hall–Kier alpha value is -3.48. The molecule has 3 amide bonds. The van der Waals surface area contributed by atoms with Gasteiger partial charge in [-0.05, 0) is 24.3 Å². The van der Waals surface area contributed by atoms with Crippen molar-refractivity contribution in [2.24, 2.45) is 0 Å². The van der Waals surface area contributed by atoms with Gasteiger partial charge >= 0.3 is 5.97 Å².